The number of hydrogen-bond acceptors (Lipinski definition) is 4. The average Bonchev–Trinajstić information content (AvgIpc) is 2.91. The standard InChI is InChI=1S/C11H23N3O3S/c12-9-11(10-3-1-2-4-10)13-18(15,16)14-5-7-17-8-6-14/h10-11,13H,1-9,12H2. The van der Waals surface area contributed by atoms with Crippen molar-refractivity contribution < 1.29 is 13.2 Å². The topological polar surface area (TPSA) is 84.7 Å². The predicted octanol–water partition coefficient (Wildman–Crippen LogP) is -0.329. The molecule has 0 aromatic carbocycles. The van der Waals surface area contributed by atoms with Crippen LogP contribution in [0.1, 0.15) is 25.7 Å². The lowest BCUT2D eigenvalue weighted by Gasteiger charge is -2.30. The Morgan fingerprint density at radius 3 is 2.44 bits per heavy atom. The molecule has 1 saturated heterocycles. The number of ether oxygens (including phenoxy) is 1. The molecule has 0 amide bonds. The molecule has 6 nitrogen and oxygen atoms in total. The highest BCUT2D eigenvalue weighted by atomic mass is 32.2. The third-order valence-electron chi connectivity index (χ3n) is 3.83. The fourth-order valence-corrected chi connectivity index (χ4v) is 4.20. The van der Waals surface area contributed by atoms with Crippen molar-refractivity contribution in [3.05, 3.63) is 0 Å². The Labute approximate surface area is 109 Å². The Morgan fingerprint density at radius 1 is 1.28 bits per heavy atom. The van der Waals surface area contributed by atoms with Crippen LogP contribution in [0.2, 0.25) is 0 Å². The molecule has 0 spiro atoms. The Bertz CT molecular complexity index is 349. The van der Waals surface area contributed by atoms with Gasteiger partial charge in [0.2, 0.25) is 0 Å². The predicted molar refractivity (Wildman–Crippen MR) is 69.2 cm³/mol. The summed E-state index contributed by atoms with van der Waals surface area (Å²) >= 11 is 0. The number of morpholine rings is 1. The molecule has 18 heavy (non-hydrogen) atoms. The smallest absolute Gasteiger partial charge is 0.279 e. The first-order valence-electron chi connectivity index (χ1n) is 6.68. The lowest BCUT2D eigenvalue weighted by Crippen LogP contribution is -2.53. The van der Waals surface area contributed by atoms with E-state index in [0.717, 1.165) is 12.8 Å². The minimum Gasteiger partial charge on any atom is -0.379 e. The molecule has 0 aromatic rings. The van der Waals surface area contributed by atoms with Crippen molar-refractivity contribution in [2.45, 2.75) is 31.7 Å². The highest BCUT2D eigenvalue weighted by molar-refractivity contribution is 7.87. The molecule has 1 aliphatic carbocycles. The molecule has 2 aliphatic rings. The van der Waals surface area contributed by atoms with Crippen LogP contribution in [0.5, 0.6) is 0 Å². The molecule has 2 fully saturated rings. The first-order chi connectivity index (χ1) is 8.63. The summed E-state index contributed by atoms with van der Waals surface area (Å²) in [5.74, 6) is 0.394. The number of rotatable bonds is 5. The zero-order valence-corrected chi connectivity index (χ0v) is 11.5. The summed E-state index contributed by atoms with van der Waals surface area (Å²) in [5.41, 5.74) is 5.72. The fraction of sp³-hybridized carbons (Fsp3) is 1.00. The third-order valence-corrected chi connectivity index (χ3v) is 5.48. The van der Waals surface area contributed by atoms with Gasteiger partial charge in [0.05, 0.1) is 13.2 Å². The summed E-state index contributed by atoms with van der Waals surface area (Å²) in [6, 6.07) is -0.125. The van der Waals surface area contributed by atoms with E-state index in [-0.39, 0.29) is 6.04 Å². The number of nitrogens with zero attached hydrogens (tertiary/aromatic N) is 1. The Kier molecular flexibility index (Phi) is 4.97. The van der Waals surface area contributed by atoms with Crippen LogP contribution in [0.25, 0.3) is 0 Å². The maximum absolute atomic E-state index is 12.2. The fourth-order valence-electron chi connectivity index (χ4n) is 2.75. The van der Waals surface area contributed by atoms with E-state index in [0.29, 0.717) is 38.8 Å². The molecule has 0 bridgehead atoms. The molecule has 1 aliphatic heterocycles. The minimum absolute atomic E-state index is 0.125. The first-order valence-corrected chi connectivity index (χ1v) is 8.12. The van der Waals surface area contributed by atoms with E-state index in [1.54, 1.807) is 0 Å². The molecular weight excluding hydrogens is 254 g/mol. The largest absolute Gasteiger partial charge is 0.379 e. The second-order valence-corrected chi connectivity index (χ2v) is 6.72. The van der Waals surface area contributed by atoms with Crippen molar-refractivity contribution in [2.75, 3.05) is 32.8 Å². The molecule has 3 N–H and O–H groups in total. The Balaban J connectivity index is 1.96. The van der Waals surface area contributed by atoms with Gasteiger partial charge < -0.3 is 10.5 Å². The summed E-state index contributed by atoms with van der Waals surface area (Å²) in [5, 5.41) is 0. The second-order valence-electron chi connectivity index (χ2n) is 5.02. The van der Waals surface area contributed by atoms with Crippen molar-refractivity contribution in [3.8, 4) is 0 Å². The van der Waals surface area contributed by atoms with Crippen LogP contribution >= 0.6 is 0 Å². The van der Waals surface area contributed by atoms with E-state index in [2.05, 4.69) is 4.72 Å². The van der Waals surface area contributed by atoms with Crippen LogP contribution < -0.4 is 10.5 Å². The van der Waals surface area contributed by atoms with Gasteiger partial charge >= 0.3 is 0 Å². The van der Waals surface area contributed by atoms with Gasteiger partial charge in [-0.25, -0.2) is 0 Å². The first kappa shape index (κ1) is 14.2. The van der Waals surface area contributed by atoms with Gasteiger partial charge in [-0.15, -0.1) is 0 Å². The Hall–Kier alpha value is -0.210. The average molecular weight is 277 g/mol. The normalized spacial score (nSPS) is 25.4. The summed E-state index contributed by atoms with van der Waals surface area (Å²) in [6.45, 7) is 2.16. The highest BCUT2D eigenvalue weighted by Crippen LogP contribution is 2.27. The van der Waals surface area contributed by atoms with Crippen LogP contribution in [0.4, 0.5) is 0 Å². The molecule has 0 radical (unpaired) electrons. The molecule has 1 unspecified atom stereocenters. The van der Waals surface area contributed by atoms with Gasteiger partial charge in [0.1, 0.15) is 0 Å². The third kappa shape index (κ3) is 3.42. The van der Waals surface area contributed by atoms with Crippen molar-refractivity contribution in [1.82, 2.24) is 9.03 Å². The van der Waals surface area contributed by atoms with Crippen LogP contribution in [-0.4, -0.2) is 51.6 Å². The number of nitrogens with one attached hydrogen (secondary N) is 1. The van der Waals surface area contributed by atoms with Gasteiger partial charge in [0.15, 0.2) is 0 Å². The summed E-state index contributed by atoms with van der Waals surface area (Å²) in [7, 11) is -3.41. The van der Waals surface area contributed by atoms with Gasteiger partial charge in [0, 0.05) is 25.7 Å². The maximum Gasteiger partial charge on any atom is 0.279 e. The monoisotopic (exact) mass is 277 g/mol. The molecule has 2 rings (SSSR count). The highest BCUT2D eigenvalue weighted by Gasteiger charge is 2.31. The molecule has 7 heteroatoms. The van der Waals surface area contributed by atoms with Crippen molar-refractivity contribution in [3.63, 3.8) is 0 Å². The number of hydrogen-bond donors (Lipinski definition) is 2. The lowest BCUT2D eigenvalue weighted by atomic mass is 9.99. The van der Waals surface area contributed by atoms with E-state index >= 15 is 0 Å². The van der Waals surface area contributed by atoms with Crippen molar-refractivity contribution in [1.29, 1.82) is 0 Å². The molecule has 1 atom stereocenters. The van der Waals surface area contributed by atoms with Crippen molar-refractivity contribution >= 4 is 10.2 Å². The van der Waals surface area contributed by atoms with Gasteiger partial charge in [-0.3, -0.25) is 0 Å². The number of nitrogens with two attached hydrogens (primary N) is 1. The summed E-state index contributed by atoms with van der Waals surface area (Å²) < 4.78 is 33.8. The van der Waals surface area contributed by atoms with Crippen LogP contribution in [0.15, 0.2) is 0 Å². The van der Waals surface area contributed by atoms with Gasteiger partial charge in [-0.2, -0.15) is 17.4 Å². The van der Waals surface area contributed by atoms with Gasteiger partial charge in [0.25, 0.3) is 10.2 Å². The van der Waals surface area contributed by atoms with Crippen LogP contribution in [0.3, 0.4) is 0 Å². The molecule has 1 saturated carbocycles. The van der Waals surface area contributed by atoms with E-state index in [4.69, 9.17) is 10.5 Å². The van der Waals surface area contributed by atoms with E-state index in [1.807, 2.05) is 0 Å². The molecule has 1 heterocycles. The molecule has 0 aromatic heterocycles. The lowest BCUT2D eigenvalue weighted by molar-refractivity contribution is 0.0722. The quantitative estimate of drug-likeness (QED) is 0.721. The SMILES string of the molecule is NCC(NS(=O)(=O)N1CCOCC1)C1CCCC1. The van der Waals surface area contributed by atoms with Gasteiger partial charge in [-0.05, 0) is 18.8 Å². The van der Waals surface area contributed by atoms with Gasteiger partial charge in [-0.1, -0.05) is 12.8 Å². The Morgan fingerprint density at radius 2 is 1.89 bits per heavy atom. The van der Waals surface area contributed by atoms with Crippen LogP contribution in [0, 0.1) is 5.92 Å². The molecule has 106 valence electrons. The van der Waals surface area contributed by atoms with E-state index < -0.39 is 10.2 Å². The second kappa shape index (κ2) is 6.29. The summed E-state index contributed by atoms with van der Waals surface area (Å²) in [4.78, 5) is 0. The minimum atomic E-state index is -3.41. The van der Waals surface area contributed by atoms with E-state index in [9.17, 15) is 8.42 Å². The zero-order chi connectivity index (χ0) is 13.0. The van der Waals surface area contributed by atoms with Crippen molar-refractivity contribution in [2.24, 2.45) is 11.7 Å². The molecular formula is C11H23N3O3S. The van der Waals surface area contributed by atoms with Crippen LogP contribution in [-0.2, 0) is 14.9 Å². The zero-order valence-electron chi connectivity index (χ0n) is 10.7. The van der Waals surface area contributed by atoms with E-state index in [1.165, 1.54) is 17.1 Å². The maximum atomic E-state index is 12.2. The summed E-state index contributed by atoms with van der Waals surface area (Å²) in [6.07, 6.45) is 4.52.